The van der Waals surface area contributed by atoms with Crippen LogP contribution in [0.2, 0.25) is 0 Å². The number of aliphatic carboxylic acids is 1. The van der Waals surface area contributed by atoms with Crippen molar-refractivity contribution in [1.82, 2.24) is 25.3 Å². The van der Waals surface area contributed by atoms with E-state index in [1.54, 1.807) is 12.1 Å². The van der Waals surface area contributed by atoms with Crippen molar-refractivity contribution in [3.05, 3.63) is 12.1 Å². The molecule has 0 atom stereocenters. The maximum Gasteiger partial charge on any atom is 0.305 e. The highest BCUT2D eigenvalue weighted by atomic mass is 16.4. The lowest BCUT2D eigenvalue weighted by Gasteiger charge is -2.20. The van der Waals surface area contributed by atoms with Crippen molar-refractivity contribution in [3.63, 3.8) is 0 Å². The highest BCUT2D eigenvalue weighted by molar-refractivity contribution is 5.67. The zero-order chi connectivity index (χ0) is 12.3. The number of carboxylic acids is 1. The van der Waals surface area contributed by atoms with Crippen LogP contribution in [0.15, 0.2) is 12.1 Å². The number of carboxylic acid groups (broad SMARTS) is 1. The Morgan fingerprint density at radius 2 is 2.35 bits per heavy atom. The minimum atomic E-state index is -0.827. The van der Waals surface area contributed by atoms with Gasteiger partial charge in [0.25, 0.3) is 0 Å². The average molecular weight is 236 g/mol. The van der Waals surface area contributed by atoms with Crippen LogP contribution in [0.1, 0.15) is 13.3 Å². The Morgan fingerprint density at radius 3 is 3.06 bits per heavy atom. The van der Waals surface area contributed by atoms with Gasteiger partial charge >= 0.3 is 5.97 Å². The van der Waals surface area contributed by atoms with Crippen molar-refractivity contribution >= 4 is 17.4 Å². The molecular weight excluding hydrogens is 224 g/mol. The van der Waals surface area contributed by atoms with Crippen molar-refractivity contribution in [2.75, 3.05) is 18.0 Å². The molecule has 0 aliphatic rings. The Balaban J connectivity index is 2.20. The number of aromatic nitrogens is 5. The number of anilines is 1. The topological polar surface area (TPSA) is 96.5 Å². The Morgan fingerprint density at radius 1 is 1.53 bits per heavy atom. The van der Waals surface area contributed by atoms with Crippen LogP contribution < -0.4 is 4.90 Å². The quantitative estimate of drug-likeness (QED) is 0.769. The molecule has 0 unspecified atom stereocenters. The number of hydrogen-bond acceptors (Lipinski definition) is 6. The van der Waals surface area contributed by atoms with E-state index in [9.17, 15) is 4.79 Å². The monoisotopic (exact) mass is 236 g/mol. The first-order valence-electron chi connectivity index (χ1n) is 5.23. The van der Waals surface area contributed by atoms with E-state index in [4.69, 9.17) is 5.11 Å². The molecule has 0 aromatic carbocycles. The van der Waals surface area contributed by atoms with Crippen molar-refractivity contribution in [1.29, 1.82) is 0 Å². The number of nitrogens with zero attached hydrogens (tertiary/aromatic N) is 6. The van der Waals surface area contributed by atoms with E-state index in [0.717, 1.165) is 0 Å². The summed E-state index contributed by atoms with van der Waals surface area (Å²) in [5.74, 6) is -0.166. The Hall–Kier alpha value is -2.25. The summed E-state index contributed by atoms with van der Waals surface area (Å²) >= 11 is 0. The van der Waals surface area contributed by atoms with E-state index in [-0.39, 0.29) is 6.42 Å². The normalized spacial score (nSPS) is 10.6. The van der Waals surface area contributed by atoms with Crippen LogP contribution in [0.3, 0.4) is 0 Å². The predicted octanol–water partition coefficient (Wildman–Crippen LogP) is -0.180. The highest BCUT2D eigenvalue weighted by Crippen LogP contribution is 2.10. The summed E-state index contributed by atoms with van der Waals surface area (Å²) in [5, 5.41) is 23.8. The first-order valence-corrected chi connectivity index (χ1v) is 5.23. The average Bonchev–Trinajstić information content (AvgIpc) is 2.76. The highest BCUT2D eigenvalue weighted by Gasteiger charge is 2.09. The minimum Gasteiger partial charge on any atom is -0.481 e. The fourth-order valence-corrected chi connectivity index (χ4v) is 1.47. The van der Waals surface area contributed by atoms with Crippen molar-refractivity contribution in [2.24, 2.45) is 0 Å². The van der Waals surface area contributed by atoms with Gasteiger partial charge in [-0.2, -0.15) is 0 Å². The Bertz CT molecular complexity index is 525. The van der Waals surface area contributed by atoms with Crippen molar-refractivity contribution in [3.8, 4) is 0 Å². The lowest BCUT2D eigenvalue weighted by molar-refractivity contribution is -0.136. The summed E-state index contributed by atoms with van der Waals surface area (Å²) in [7, 11) is 0. The van der Waals surface area contributed by atoms with Crippen molar-refractivity contribution < 1.29 is 9.90 Å². The molecule has 8 nitrogen and oxygen atoms in total. The summed E-state index contributed by atoms with van der Waals surface area (Å²) in [6.07, 6.45) is 0.0726. The van der Waals surface area contributed by atoms with E-state index in [1.165, 1.54) is 4.63 Å². The van der Waals surface area contributed by atoms with Crippen molar-refractivity contribution in [2.45, 2.75) is 13.3 Å². The maximum absolute atomic E-state index is 10.5. The van der Waals surface area contributed by atoms with Gasteiger partial charge in [-0.15, -0.1) is 14.8 Å². The molecular formula is C9H12N6O2. The maximum atomic E-state index is 10.5. The minimum absolute atomic E-state index is 0.0726. The third-order valence-corrected chi connectivity index (χ3v) is 2.36. The number of rotatable bonds is 5. The van der Waals surface area contributed by atoms with Gasteiger partial charge in [0, 0.05) is 13.1 Å². The third-order valence-electron chi connectivity index (χ3n) is 2.36. The van der Waals surface area contributed by atoms with E-state index in [1.807, 2.05) is 11.8 Å². The number of hydrogen-bond donors (Lipinski definition) is 1. The lowest BCUT2D eigenvalue weighted by Crippen LogP contribution is -2.27. The molecule has 90 valence electrons. The largest absolute Gasteiger partial charge is 0.481 e. The fourth-order valence-electron chi connectivity index (χ4n) is 1.47. The third kappa shape index (κ3) is 2.47. The van der Waals surface area contributed by atoms with Gasteiger partial charge in [0.2, 0.25) is 0 Å². The van der Waals surface area contributed by atoms with E-state index < -0.39 is 5.97 Å². The molecule has 0 amide bonds. The molecule has 17 heavy (non-hydrogen) atoms. The van der Waals surface area contributed by atoms with Crippen LogP contribution in [-0.4, -0.2) is 49.4 Å². The van der Waals surface area contributed by atoms with Gasteiger partial charge in [0.1, 0.15) is 0 Å². The van der Waals surface area contributed by atoms with E-state index >= 15 is 0 Å². The van der Waals surface area contributed by atoms with Gasteiger partial charge in [0.05, 0.1) is 6.42 Å². The molecule has 2 heterocycles. The van der Waals surface area contributed by atoms with Crippen LogP contribution in [-0.2, 0) is 4.79 Å². The smallest absolute Gasteiger partial charge is 0.305 e. The Labute approximate surface area is 96.8 Å². The standard InChI is InChI=1S/C9H12N6O2/c1-2-14(6-5-9(16)17)8-4-3-7-10-12-13-15(7)11-8/h3-4H,2,5-6H2,1H3,(H,16,17). The molecule has 0 spiro atoms. The zero-order valence-corrected chi connectivity index (χ0v) is 9.31. The van der Waals surface area contributed by atoms with Crippen LogP contribution in [0.5, 0.6) is 0 Å². The summed E-state index contributed by atoms with van der Waals surface area (Å²) in [4.78, 5) is 12.4. The van der Waals surface area contributed by atoms with Gasteiger partial charge < -0.3 is 10.0 Å². The predicted molar refractivity (Wildman–Crippen MR) is 58.7 cm³/mol. The van der Waals surface area contributed by atoms with Gasteiger partial charge in [0.15, 0.2) is 11.5 Å². The number of fused-ring (bicyclic) bond motifs is 1. The molecule has 0 bridgehead atoms. The second-order valence-electron chi connectivity index (χ2n) is 3.44. The van der Waals surface area contributed by atoms with Crippen LogP contribution in [0, 0.1) is 0 Å². The van der Waals surface area contributed by atoms with Gasteiger partial charge in [-0.3, -0.25) is 4.79 Å². The van der Waals surface area contributed by atoms with Gasteiger partial charge in [-0.1, -0.05) is 0 Å². The van der Waals surface area contributed by atoms with E-state index in [0.29, 0.717) is 24.6 Å². The molecule has 1 N–H and O–H groups in total. The molecule has 0 radical (unpaired) electrons. The molecule has 0 saturated carbocycles. The summed E-state index contributed by atoms with van der Waals surface area (Å²) in [6, 6.07) is 3.52. The summed E-state index contributed by atoms with van der Waals surface area (Å²) < 4.78 is 1.32. The van der Waals surface area contributed by atoms with Gasteiger partial charge in [-0.25, -0.2) is 0 Å². The van der Waals surface area contributed by atoms with Crippen LogP contribution in [0.25, 0.3) is 5.65 Å². The molecule has 0 aliphatic heterocycles. The molecule has 0 aliphatic carbocycles. The Kier molecular flexibility index (Phi) is 3.12. The lowest BCUT2D eigenvalue weighted by atomic mass is 10.3. The zero-order valence-electron chi connectivity index (χ0n) is 9.31. The molecule has 0 saturated heterocycles. The first kappa shape index (κ1) is 11.2. The molecule has 8 heteroatoms. The number of carbonyl (C=O) groups is 1. The molecule has 2 aromatic heterocycles. The second-order valence-corrected chi connectivity index (χ2v) is 3.44. The second kappa shape index (κ2) is 4.73. The number of tetrazole rings is 1. The summed E-state index contributed by atoms with van der Waals surface area (Å²) in [5.41, 5.74) is 0.558. The molecule has 2 rings (SSSR count). The fraction of sp³-hybridized carbons (Fsp3) is 0.444. The molecule has 2 aromatic rings. The van der Waals surface area contributed by atoms with E-state index in [2.05, 4.69) is 20.6 Å². The van der Waals surface area contributed by atoms with Crippen LogP contribution >= 0.6 is 0 Å². The first-order chi connectivity index (χ1) is 8.20. The van der Waals surface area contributed by atoms with Gasteiger partial charge in [-0.05, 0) is 29.5 Å². The summed E-state index contributed by atoms with van der Waals surface area (Å²) in [6.45, 7) is 3.02. The SMILES string of the molecule is CCN(CCC(=O)O)c1ccc2nnnn2n1. The molecule has 0 fully saturated rings. The van der Waals surface area contributed by atoms with Crippen LogP contribution in [0.4, 0.5) is 5.82 Å².